The number of fused-ring (bicyclic) bond motifs is 2. The number of rotatable bonds is 7. The molecule has 0 atom stereocenters. The van der Waals surface area contributed by atoms with Crippen molar-refractivity contribution in [2.24, 2.45) is 14.1 Å². The summed E-state index contributed by atoms with van der Waals surface area (Å²) < 4.78 is 8.44. The molecule has 2 aromatic carbocycles. The van der Waals surface area contributed by atoms with Gasteiger partial charge in [-0.2, -0.15) is 0 Å². The van der Waals surface area contributed by atoms with Gasteiger partial charge in [0.05, 0.1) is 21.6 Å². The van der Waals surface area contributed by atoms with Gasteiger partial charge in [0.25, 0.3) is 17.5 Å². The van der Waals surface area contributed by atoms with Crippen molar-refractivity contribution in [1.82, 2.24) is 14.0 Å². The van der Waals surface area contributed by atoms with Crippen molar-refractivity contribution >= 4 is 62.4 Å². The van der Waals surface area contributed by atoms with E-state index in [0.29, 0.717) is 39.6 Å². The van der Waals surface area contributed by atoms with E-state index in [0.717, 1.165) is 10.4 Å². The molecule has 0 saturated heterocycles. The first kappa shape index (κ1) is 25.1. The van der Waals surface area contributed by atoms with Crippen molar-refractivity contribution < 1.29 is 33.9 Å². The number of aliphatic carboxylic acids is 1. The molecular formula is C27H20N4O8. The van der Waals surface area contributed by atoms with Crippen LogP contribution in [0.1, 0.15) is 11.1 Å². The number of amides is 2. The van der Waals surface area contributed by atoms with Crippen LogP contribution in [0.2, 0.25) is 0 Å². The molecule has 1 aliphatic rings. The zero-order valence-electron chi connectivity index (χ0n) is 20.7. The fourth-order valence-corrected chi connectivity index (χ4v) is 4.73. The van der Waals surface area contributed by atoms with Gasteiger partial charge in [0.15, 0.2) is 6.73 Å². The fourth-order valence-electron chi connectivity index (χ4n) is 4.73. The zero-order valence-corrected chi connectivity index (χ0v) is 20.7. The number of carbonyl (C=O) groups excluding carboxylic acids is 3. The van der Waals surface area contributed by atoms with Crippen LogP contribution in [0, 0.1) is 10.1 Å². The molecule has 3 heterocycles. The van der Waals surface area contributed by atoms with Gasteiger partial charge in [0.2, 0.25) is 0 Å². The van der Waals surface area contributed by atoms with Crippen LogP contribution >= 0.6 is 0 Å². The first-order chi connectivity index (χ1) is 18.6. The van der Waals surface area contributed by atoms with Crippen LogP contribution in [0.3, 0.4) is 0 Å². The van der Waals surface area contributed by atoms with Crippen molar-refractivity contribution in [3.63, 3.8) is 0 Å². The summed E-state index contributed by atoms with van der Waals surface area (Å²) in [7, 11) is 3.47. The number of aromatic nitrogens is 2. The van der Waals surface area contributed by atoms with Crippen molar-refractivity contribution in [2.45, 2.75) is 0 Å². The Labute approximate surface area is 219 Å². The number of hydrogen-bond acceptors (Lipinski definition) is 7. The summed E-state index contributed by atoms with van der Waals surface area (Å²) in [4.78, 5) is 61.8. The SMILES string of the molecule is Cn1cc(C2=C(c3cn(C)c4cc([N+](=O)[O-])ccc34)C(=O)N(COC(=O)/C=C/C(=O)O)C2=O)c2ccccc21. The molecule has 0 fully saturated rings. The summed E-state index contributed by atoms with van der Waals surface area (Å²) >= 11 is 0. The molecule has 0 spiro atoms. The molecule has 0 unspecified atom stereocenters. The summed E-state index contributed by atoms with van der Waals surface area (Å²) in [5.74, 6) is -3.85. The second-order valence-electron chi connectivity index (χ2n) is 8.84. The third kappa shape index (κ3) is 4.23. The topological polar surface area (TPSA) is 154 Å². The van der Waals surface area contributed by atoms with E-state index in [1.54, 1.807) is 37.1 Å². The number of nitro benzene ring substituents is 1. The molecule has 2 amide bonds. The van der Waals surface area contributed by atoms with Crippen LogP contribution in [0.25, 0.3) is 33.0 Å². The monoisotopic (exact) mass is 528 g/mol. The Morgan fingerprint density at radius 3 is 2.13 bits per heavy atom. The number of benzene rings is 2. The van der Waals surface area contributed by atoms with Crippen molar-refractivity contribution in [3.8, 4) is 0 Å². The lowest BCUT2D eigenvalue weighted by molar-refractivity contribution is -0.384. The highest BCUT2D eigenvalue weighted by Gasteiger charge is 2.42. The summed E-state index contributed by atoms with van der Waals surface area (Å²) in [6.45, 7) is -0.742. The third-order valence-corrected chi connectivity index (χ3v) is 6.49. The smallest absolute Gasteiger partial charge is 0.332 e. The maximum atomic E-state index is 13.8. The number of carbonyl (C=O) groups is 4. The maximum absolute atomic E-state index is 13.8. The Balaban J connectivity index is 1.68. The predicted molar refractivity (Wildman–Crippen MR) is 139 cm³/mol. The van der Waals surface area contributed by atoms with Gasteiger partial charge in [-0.25, -0.2) is 14.5 Å². The second kappa shape index (κ2) is 9.41. The summed E-state index contributed by atoms with van der Waals surface area (Å²) in [5, 5.41) is 21.3. The van der Waals surface area contributed by atoms with Crippen molar-refractivity contribution in [3.05, 3.63) is 88.3 Å². The Bertz CT molecular complexity index is 1810. The molecule has 1 N–H and O–H groups in total. The molecule has 0 bridgehead atoms. The van der Waals surface area contributed by atoms with E-state index >= 15 is 0 Å². The predicted octanol–water partition coefficient (Wildman–Crippen LogP) is 3.00. The van der Waals surface area contributed by atoms with Gasteiger partial charge in [0, 0.05) is 78.2 Å². The number of carboxylic acids is 1. The molecule has 0 aliphatic carbocycles. The summed E-state index contributed by atoms with van der Waals surface area (Å²) in [6.07, 6.45) is 4.60. The molecule has 4 aromatic rings. The normalized spacial score (nSPS) is 13.8. The summed E-state index contributed by atoms with van der Waals surface area (Å²) in [6, 6.07) is 11.6. The van der Waals surface area contributed by atoms with E-state index in [2.05, 4.69) is 0 Å². The fraction of sp³-hybridized carbons (Fsp3) is 0.111. The van der Waals surface area contributed by atoms with Crippen LogP contribution in [0.15, 0.2) is 67.0 Å². The highest BCUT2D eigenvalue weighted by molar-refractivity contribution is 6.50. The van der Waals surface area contributed by atoms with E-state index < -0.39 is 35.4 Å². The number of aryl methyl sites for hydroxylation is 2. The van der Waals surface area contributed by atoms with Gasteiger partial charge >= 0.3 is 11.9 Å². The molecule has 39 heavy (non-hydrogen) atoms. The number of esters is 1. The Morgan fingerprint density at radius 1 is 0.923 bits per heavy atom. The van der Waals surface area contributed by atoms with Crippen LogP contribution in [-0.2, 0) is 38.0 Å². The average Bonchev–Trinajstić information content (AvgIpc) is 3.49. The lowest BCUT2D eigenvalue weighted by Gasteiger charge is -2.14. The molecule has 0 radical (unpaired) electrons. The minimum atomic E-state index is -1.36. The molecule has 12 heteroatoms. The second-order valence-corrected chi connectivity index (χ2v) is 8.84. The van der Waals surface area contributed by atoms with E-state index in [1.807, 2.05) is 22.8 Å². The number of ether oxygens (including phenoxy) is 1. The van der Waals surface area contributed by atoms with Gasteiger partial charge in [-0.1, -0.05) is 18.2 Å². The standard InChI is InChI=1S/C27H20N4O8/c1-28-12-18(16-5-3-4-6-20(16)28)24-25(19-13-29(2)21-11-15(31(37)38)7-8-17(19)21)27(36)30(26(24)35)14-39-23(34)10-9-22(32)33/h3-13H,14H2,1-2H3,(H,32,33)/b10-9+. The molecule has 196 valence electrons. The highest BCUT2D eigenvalue weighted by atomic mass is 16.6. The molecular weight excluding hydrogens is 508 g/mol. The van der Waals surface area contributed by atoms with Crippen LogP contribution in [0.4, 0.5) is 5.69 Å². The number of hydrogen-bond donors (Lipinski definition) is 1. The Kier molecular flexibility index (Phi) is 6.07. The highest BCUT2D eigenvalue weighted by Crippen LogP contribution is 2.41. The summed E-state index contributed by atoms with van der Waals surface area (Å²) in [5.41, 5.74) is 2.16. The molecule has 12 nitrogen and oxygen atoms in total. The maximum Gasteiger partial charge on any atom is 0.332 e. The average molecular weight is 528 g/mol. The lowest BCUT2D eigenvalue weighted by Crippen LogP contribution is -2.34. The first-order valence-electron chi connectivity index (χ1n) is 11.5. The van der Waals surface area contributed by atoms with E-state index in [1.165, 1.54) is 18.2 Å². The number of non-ortho nitro benzene ring substituents is 1. The third-order valence-electron chi connectivity index (χ3n) is 6.49. The van der Waals surface area contributed by atoms with Crippen molar-refractivity contribution in [1.29, 1.82) is 0 Å². The van der Waals surface area contributed by atoms with Gasteiger partial charge in [0.1, 0.15) is 0 Å². The molecule has 5 rings (SSSR count). The van der Waals surface area contributed by atoms with E-state index in [4.69, 9.17) is 9.84 Å². The minimum absolute atomic E-state index is 0.0490. The van der Waals surface area contributed by atoms with E-state index in [9.17, 15) is 29.3 Å². The van der Waals surface area contributed by atoms with Crippen molar-refractivity contribution in [2.75, 3.05) is 6.73 Å². The largest absolute Gasteiger partial charge is 0.478 e. The number of nitrogens with zero attached hydrogens (tertiary/aromatic N) is 4. The number of nitro groups is 1. The number of carboxylic acid groups (broad SMARTS) is 1. The Morgan fingerprint density at radius 2 is 1.51 bits per heavy atom. The molecule has 0 saturated carbocycles. The van der Waals surface area contributed by atoms with Crippen LogP contribution in [0.5, 0.6) is 0 Å². The van der Waals surface area contributed by atoms with Gasteiger partial charge in [-0.3, -0.25) is 19.7 Å². The number of para-hydroxylation sites is 1. The lowest BCUT2D eigenvalue weighted by atomic mass is 9.95. The first-order valence-corrected chi connectivity index (χ1v) is 11.5. The quantitative estimate of drug-likeness (QED) is 0.126. The van der Waals surface area contributed by atoms with Gasteiger partial charge in [-0.15, -0.1) is 0 Å². The number of imide groups is 1. The Hall–Kier alpha value is -5.52. The zero-order chi connectivity index (χ0) is 28.0. The minimum Gasteiger partial charge on any atom is -0.478 e. The molecule has 1 aliphatic heterocycles. The van der Waals surface area contributed by atoms with Gasteiger partial charge < -0.3 is 19.0 Å². The van der Waals surface area contributed by atoms with Crippen LogP contribution < -0.4 is 0 Å². The van der Waals surface area contributed by atoms with E-state index in [-0.39, 0.29) is 16.8 Å². The van der Waals surface area contributed by atoms with Gasteiger partial charge in [-0.05, 0) is 12.1 Å². The van der Waals surface area contributed by atoms with Crippen LogP contribution in [-0.4, -0.2) is 54.5 Å². The molecule has 2 aromatic heterocycles.